The summed E-state index contributed by atoms with van der Waals surface area (Å²) in [5, 5.41) is 3.25. The van der Waals surface area contributed by atoms with Gasteiger partial charge in [0, 0.05) is 5.54 Å². The van der Waals surface area contributed by atoms with Gasteiger partial charge in [-0.1, -0.05) is 26.7 Å². The second-order valence-electron chi connectivity index (χ2n) is 6.62. The Labute approximate surface area is 127 Å². The number of sulfonamides is 1. The third-order valence-electron chi connectivity index (χ3n) is 3.84. The molecule has 1 saturated carbocycles. The topological polar surface area (TPSA) is 71.3 Å². The summed E-state index contributed by atoms with van der Waals surface area (Å²) in [5.74, 6) is 1.19. The predicted octanol–water partition coefficient (Wildman–Crippen LogP) is 2.64. The van der Waals surface area contributed by atoms with Crippen LogP contribution >= 0.6 is 0 Å². The summed E-state index contributed by atoms with van der Waals surface area (Å²) < 4.78 is 33.0. The molecule has 1 aliphatic carbocycles. The average Bonchev–Trinajstić information content (AvgIpc) is 2.98. The van der Waals surface area contributed by atoms with Crippen molar-refractivity contribution < 1.29 is 12.8 Å². The van der Waals surface area contributed by atoms with E-state index in [0.717, 1.165) is 32.2 Å². The van der Waals surface area contributed by atoms with E-state index in [2.05, 4.69) is 23.9 Å². The summed E-state index contributed by atoms with van der Waals surface area (Å²) >= 11 is 0. The monoisotopic (exact) mass is 314 g/mol. The van der Waals surface area contributed by atoms with Crippen molar-refractivity contribution >= 4 is 10.0 Å². The van der Waals surface area contributed by atoms with E-state index < -0.39 is 10.0 Å². The minimum atomic E-state index is -3.57. The van der Waals surface area contributed by atoms with Gasteiger partial charge < -0.3 is 9.73 Å². The fourth-order valence-corrected chi connectivity index (χ4v) is 4.13. The molecule has 1 aromatic heterocycles. The number of rotatable bonds is 7. The molecular formula is C15H26N2O3S. The Morgan fingerprint density at radius 1 is 1.29 bits per heavy atom. The summed E-state index contributed by atoms with van der Waals surface area (Å²) in [6.45, 7) is 7.63. The molecular weight excluding hydrogens is 288 g/mol. The molecule has 2 rings (SSSR count). The predicted molar refractivity (Wildman–Crippen MR) is 82.4 cm³/mol. The molecule has 21 heavy (non-hydrogen) atoms. The first-order valence-electron chi connectivity index (χ1n) is 7.64. The molecule has 0 atom stereocenters. The maximum atomic E-state index is 12.4. The van der Waals surface area contributed by atoms with E-state index in [1.54, 1.807) is 6.07 Å². The van der Waals surface area contributed by atoms with Gasteiger partial charge in [0.1, 0.15) is 5.76 Å². The highest BCUT2D eigenvalue weighted by molar-refractivity contribution is 7.89. The number of furan rings is 1. The molecule has 0 amide bonds. The normalized spacial score (nSPS) is 18.5. The molecule has 0 aromatic carbocycles. The van der Waals surface area contributed by atoms with Crippen LogP contribution in [0, 0.1) is 5.92 Å². The first kappa shape index (κ1) is 16.5. The number of hydrogen-bond acceptors (Lipinski definition) is 4. The van der Waals surface area contributed by atoms with Crippen molar-refractivity contribution in [1.82, 2.24) is 10.0 Å². The highest BCUT2D eigenvalue weighted by Crippen LogP contribution is 2.30. The van der Waals surface area contributed by atoms with Crippen LogP contribution in [0.25, 0.3) is 0 Å². The van der Waals surface area contributed by atoms with Gasteiger partial charge >= 0.3 is 0 Å². The molecule has 0 radical (unpaired) electrons. The van der Waals surface area contributed by atoms with Crippen molar-refractivity contribution in [2.45, 2.75) is 63.6 Å². The van der Waals surface area contributed by atoms with Crippen LogP contribution in [-0.4, -0.2) is 20.5 Å². The molecule has 0 aliphatic heterocycles. The first-order chi connectivity index (χ1) is 9.81. The molecule has 1 fully saturated rings. The van der Waals surface area contributed by atoms with Gasteiger partial charge in [-0.25, -0.2) is 13.1 Å². The number of nitrogens with one attached hydrogen (secondary N) is 2. The lowest BCUT2D eigenvalue weighted by Crippen LogP contribution is -2.43. The van der Waals surface area contributed by atoms with Gasteiger partial charge in [-0.2, -0.15) is 0 Å². The van der Waals surface area contributed by atoms with Crippen molar-refractivity contribution in [2.75, 3.05) is 6.54 Å². The molecule has 6 heteroatoms. The van der Waals surface area contributed by atoms with E-state index in [-0.39, 0.29) is 10.6 Å². The van der Waals surface area contributed by atoms with Crippen LogP contribution < -0.4 is 10.0 Å². The van der Waals surface area contributed by atoms with Gasteiger partial charge in [0.2, 0.25) is 5.09 Å². The Balaban J connectivity index is 1.99. The zero-order chi connectivity index (χ0) is 15.5. The molecule has 0 unspecified atom stereocenters. The van der Waals surface area contributed by atoms with Gasteiger partial charge in [-0.05, 0) is 44.4 Å². The van der Waals surface area contributed by atoms with E-state index in [1.807, 2.05) is 6.92 Å². The molecule has 120 valence electrons. The molecule has 5 nitrogen and oxygen atoms in total. The highest BCUT2D eigenvalue weighted by Gasteiger charge is 2.34. The van der Waals surface area contributed by atoms with E-state index in [9.17, 15) is 8.42 Å². The van der Waals surface area contributed by atoms with Crippen molar-refractivity contribution in [3.63, 3.8) is 0 Å². The lowest BCUT2D eigenvalue weighted by molar-refractivity contribution is 0.379. The highest BCUT2D eigenvalue weighted by atomic mass is 32.2. The third kappa shape index (κ3) is 4.56. The van der Waals surface area contributed by atoms with E-state index >= 15 is 0 Å². The molecule has 0 bridgehead atoms. The Morgan fingerprint density at radius 3 is 2.57 bits per heavy atom. The van der Waals surface area contributed by atoms with Crippen molar-refractivity contribution in [1.29, 1.82) is 0 Å². The van der Waals surface area contributed by atoms with E-state index in [0.29, 0.717) is 18.2 Å². The minimum Gasteiger partial charge on any atom is -0.447 e. The number of hydrogen-bond donors (Lipinski definition) is 2. The largest absolute Gasteiger partial charge is 0.447 e. The molecule has 1 heterocycles. The van der Waals surface area contributed by atoms with E-state index in [4.69, 9.17) is 4.42 Å². The Hall–Kier alpha value is -0.850. The summed E-state index contributed by atoms with van der Waals surface area (Å²) in [6, 6.07) is 3.26. The summed E-state index contributed by atoms with van der Waals surface area (Å²) in [7, 11) is -3.57. The van der Waals surface area contributed by atoms with Crippen molar-refractivity contribution in [2.24, 2.45) is 5.92 Å². The van der Waals surface area contributed by atoms with Crippen LogP contribution in [0.5, 0.6) is 0 Å². The minimum absolute atomic E-state index is 0.0111. The van der Waals surface area contributed by atoms with Crippen LogP contribution in [0.3, 0.4) is 0 Å². The zero-order valence-electron chi connectivity index (χ0n) is 13.1. The molecule has 0 saturated heterocycles. The Morgan fingerprint density at radius 2 is 1.95 bits per heavy atom. The summed E-state index contributed by atoms with van der Waals surface area (Å²) in [5.41, 5.74) is -0.332. The lowest BCUT2D eigenvalue weighted by Gasteiger charge is -2.23. The van der Waals surface area contributed by atoms with Crippen LogP contribution in [0.1, 0.15) is 52.2 Å². The second-order valence-corrected chi connectivity index (χ2v) is 8.23. The molecule has 1 aliphatic rings. The van der Waals surface area contributed by atoms with Gasteiger partial charge in [0.15, 0.2) is 0 Å². The SMILES string of the molecule is CC(C)CNCc1ccc(S(=O)(=O)NC2(C)CCCC2)o1. The Kier molecular flexibility index (Phi) is 5.11. The van der Waals surface area contributed by atoms with Crippen molar-refractivity contribution in [3.05, 3.63) is 17.9 Å². The van der Waals surface area contributed by atoms with Gasteiger partial charge in [-0.15, -0.1) is 0 Å². The van der Waals surface area contributed by atoms with Gasteiger partial charge in [0.25, 0.3) is 10.0 Å². The summed E-state index contributed by atoms with van der Waals surface area (Å²) in [4.78, 5) is 0. The van der Waals surface area contributed by atoms with Crippen LogP contribution in [0.2, 0.25) is 0 Å². The quantitative estimate of drug-likeness (QED) is 0.811. The molecule has 2 N–H and O–H groups in total. The lowest BCUT2D eigenvalue weighted by atomic mass is 10.0. The average molecular weight is 314 g/mol. The van der Waals surface area contributed by atoms with Crippen LogP contribution in [0.4, 0.5) is 0 Å². The smallest absolute Gasteiger partial charge is 0.274 e. The third-order valence-corrected chi connectivity index (χ3v) is 5.35. The van der Waals surface area contributed by atoms with E-state index in [1.165, 1.54) is 6.07 Å². The maximum Gasteiger partial charge on any atom is 0.274 e. The fraction of sp³-hybridized carbons (Fsp3) is 0.733. The zero-order valence-corrected chi connectivity index (χ0v) is 13.9. The second kappa shape index (κ2) is 6.50. The van der Waals surface area contributed by atoms with Crippen molar-refractivity contribution in [3.8, 4) is 0 Å². The van der Waals surface area contributed by atoms with Crippen LogP contribution in [-0.2, 0) is 16.6 Å². The van der Waals surface area contributed by atoms with Gasteiger partial charge in [0.05, 0.1) is 6.54 Å². The Bertz CT molecular complexity index is 557. The van der Waals surface area contributed by atoms with Gasteiger partial charge in [-0.3, -0.25) is 0 Å². The fourth-order valence-electron chi connectivity index (χ4n) is 2.71. The molecule has 0 spiro atoms. The standard InChI is InChI=1S/C15H26N2O3S/c1-12(2)10-16-11-13-6-7-14(20-13)21(18,19)17-15(3)8-4-5-9-15/h6-7,12,16-17H,4-5,8-11H2,1-3H3. The molecule has 1 aromatic rings. The first-order valence-corrected chi connectivity index (χ1v) is 9.12. The summed E-state index contributed by atoms with van der Waals surface area (Å²) in [6.07, 6.45) is 3.91. The maximum absolute atomic E-state index is 12.4. The van der Waals surface area contributed by atoms with Crippen LogP contribution in [0.15, 0.2) is 21.6 Å².